The smallest absolute Gasteiger partial charge is 0.325 e. The number of imide groups is 1. The quantitative estimate of drug-likeness (QED) is 0.638. The molecule has 8 nitrogen and oxygen atoms in total. The lowest BCUT2D eigenvalue weighted by Gasteiger charge is -2.15. The molecule has 2 N–H and O–H groups in total. The molecule has 0 aliphatic carbocycles. The van der Waals surface area contributed by atoms with E-state index in [1.54, 1.807) is 18.2 Å². The summed E-state index contributed by atoms with van der Waals surface area (Å²) in [5.41, 5.74) is 0.721. The lowest BCUT2D eigenvalue weighted by Crippen LogP contribution is -2.37. The molecule has 1 aliphatic rings. The highest BCUT2D eigenvalue weighted by atomic mass is 16.5. The van der Waals surface area contributed by atoms with Crippen LogP contribution in [0.4, 0.5) is 4.79 Å². The van der Waals surface area contributed by atoms with Gasteiger partial charge in [0, 0.05) is 6.54 Å². The number of carbonyl (C=O) groups is 3. The molecule has 27 heavy (non-hydrogen) atoms. The molecule has 0 saturated carbocycles. The molecule has 0 bridgehead atoms. The number of ether oxygens (including phenoxy) is 2. The summed E-state index contributed by atoms with van der Waals surface area (Å²) in [5.74, 6) is 0.906. The summed E-state index contributed by atoms with van der Waals surface area (Å²) in [5, 5.41) is 5.35. The van der Waals surface area contributed by atoms with E-state index in [1.165, 1.54) is 14.2 Å². The minimum Gasteiger partial charge on any atom is -0.493 e. The van der Waals surface area contributed by atoms with Gasteiger partial charge in [0.2, 0.25) is 5.91 Å². The molecule has 1 unspecified atom stereocenters. The number of carbonyl (C=O) groups excluding carboxylic acids is 3. The van der Waals surface area contributed by atoms with Gasteiger partial charge in [0.05, 0.1) is 27.2 Å². The predicted molar refractivity (Wildman–Crippen MR) is 99.5 cm³/mol. The maximum Gasteiger partial charge on any atom is 0.325 e. The lowest BCUT2D eigenvalue weighted by molar-refractivity contribution is -0.131. The molecule has 1 aromatic rings. The Morgan fingerprint density at radius 3 is 2.56 bits per heavy atom. The Morgan fingerprint density at radius 2 is 1.93 bits per heavy atom. The van der Waals surface area contributed by atoms with Gasteiger partial charge in [-0.3, -0.25) is 14.5 Å². The minimum absolute atomic E-state index is 0.0644. The van der Waals surface area contributed by atoms with Crippen LogP contribution in [0.25, 0.3) is 0 Å². The molecule has 0 spiro atoms. The van der Waals surface area contributed by atoms with Gasteiger partial charge in [-0.15, -0.1) is 0 Å². The molecule has 148 valence electrons. The van der Waals surface area contributed by atoms with E-state index in [0.29, 0.717) is 24.0 Å². The molecule has 0 radical (unpaired) electrons. The van der Waals surface area contributed by atoms with Crippen LogP contribution in [-0.4, -0.2) is 49.6 Å². The van der Waals surface area contributed by atoms with Gasteiger partial charge in [-0.05, 0) is 30.0 Å². The number of methoxy groups -OCH3 is 2. The molecule has 1 aromatic carbocycles. The summed E-state index contributed by atoms with van der Waals surface area (Å²) in [6.45, 7) is 4.79. The molecule has 1 atom stereocenters. The predicted octanol–water partition coefficient (Wildman–Crippen LogP) is 1.68. The van der Waals surface area contributed by atoms with Crippen molar-refractivity contribution in [3.63, 3.8) is 0 Å². The Morgan fingerprint density at radius 1 is 1.22 bits per heavy atom. The molecule has 1 aliphatic heterocycles. The van der Waals surface area contributed by atoms with Gasteiger partial charge in [0.15, 0.2) is 11.5 Å². The van der Waals surface area contributed by atoms with Crippen LogP contribution in [0.15, 0.2) is 18.2 Å². The highest BCUT2D eigenvalue weighted by Gasteiger charge is 2.39. The number of amides is 4. The molecule has 0 aromatic heterocycles. The van der Waals surface area contributed by atoms with Gasteiger partial charge in [-0.2, -0.15) is 0 Å². The largest absolute Gasteiger partial charge is 0.493 e. The summed E-state index contributed by atoms with van der Waals surface area (Å²) < 4.78 is 10.4. The Hall–Kier alpha value is -2.77. The second-order valence-electron chi connectivity index (χ2n) is 6.85. The van der Waals surface area contributed by atoms with Crippen molar-refractivity contribution in [2.24, 2.45) is 5.92 Å². The van der Waals surface area contributed by atoms with Crippen LogP contribution in [0.5, 0.6) is 11.5 Å². The van der Waals surface area contributed by atoms with Crippen molar-refractivity contribution < 1.29 is 23.9 Å². The van der Waals surface area contributed by atoms with Crippen LogP contribution in [-0.2, 0) is 16.1 Å². The fourth-order valence-corrected chi connectivity index (χ4v) is 2.78. The van der Waals surface area contributed by atoms with Crippen LogP contribution in [0.2, 0.25) is 0 Å². The van der Waals surface area contributed by atoms with Crippen molar-refractivity contribution in [1.29, 1.82) is 0 Å². The topological polar surface area (TPSA) is 97.0 Å². The summed E-state index contributed by atoms with van der Waals surface area (Å²) in [4.78, 5) is 37.8. The molecule has 1 heterocycles. The van der Waals surface area contributed by atoms with Gasteiger partial charge in [-0.25, -0.2) is 4.79 Å². The second-order valence-corrected chi connectivity index (χ2v) is 6.85. The van der Waals surface area contributed by atoms with Crippen LogP contribution in [0, 0.1) is 5.92 Å². The standard InChI is InChI=1S/C19H27N3O5/c1-12(2)7-8-20-17(23)10-14-18(24)22(19(25)21-14)11-13-5-6-15(26-3)16(9-13)27-4/h5-6,9,12,14H,7-8,10-11H2,1-4H3,(H,20,23)(H,21,25). The number of hydrogen-bond donors (Lipinski definition) is 2. The van der Waals surface area contributed by atoms with Crippen molar-refractivity contribution in [2.45, 2.75) is 39.3 Å². The van der Waals surface area contributed by atoms with E-state index in [1.807, 2.05) is 0 Å². The molecule has 1 saturated heterocycles. The van der Waals surface area contributed by atoms with E-state index in [9.17, 15) is 14.4 Å². The van der Waals surface area contributed by atoms with Crippen molar-refractivity contribution >= 4 is 17.8 Å². The fourth-order valence-electron chi connectivity index (χ4n) is 2.78. The maximum absolute atomic E-state index is 12.5. The Kier molecular flexibility index (Phi) is 7.04. The first-order valence-electron chi connectivity index (χ1n) is 8.95. The first kappa shape index (κ1) is 20.5. The van der Waals surface area contributed by atoms with Crippen molar-refractivity contribution in [2.75, 3.05) is 20.8 Å². The third kappa shape index (κ3) is 5.35. The van der Waals surface area contributed by atoms with Gasteiger partial charge in [0.25, 0.3) is 5.91 Å². The Labute approximate surface area is 159 Å². The van der Waals surface area contributed by atoms with Crippen LogP contribution in [0.3, 0.4) is 0 Å². The fraction of sp³-hybridized carbons (Fsp3) is 0.526. The van der Waals surface area contributed by atoms with E-state index in [0.717, 1.165) is 16.9 Å². The summed E-state index contributed by atoms with van der Waals surface area (Å²) in [6.07, 6.45) is 0.799. The van der Waals surface area contributed by atoms with Gasteiger partial charge in [0.1, 0.15) is 6.04 Å². The number of hydrogen-bond acceptors (Lipinski definition) is 5. The molecule has 4 amide bonds. The average Bonchev–Trinajstić information content (AvgIpc) is 2.88. The summed E-state index contributed by atoms with van der Waals surface area (Å²) >= 11 is 0. The van der Waals surface area contributed by atoms with Crippen LogP contribution in [0.1, 0.15) is 32.3 Å². The zero-order valence-electron chi connectivity index (χ0n) is 16.2. The van der Waals surface area contributed by atoms with Crippen LogP contribution < -0.4 is 20.1 Å². The SMILES string of the molecule is COc1ccc(CN2C(=O)NC(CC(=O)NCCC(C)C)C2=O)cc1OC. The second kappa shape index (κ2) is 9.25. The molecular weight excluding hydrogens is 350 g/mol. The number of rotatable bonds is 9. The summed E-state index contributed by atoms with van der Waals surface area (Å²) in [7, 11) is 3.05. The lowest BCUT2D eigenvalue weighted by atomic mass is 10.1. The van der Waals surface area contributed by atoms with E-state index < -0.39 is 18.0 Å². The van der Waals surface area contributed by atoms with Crippen molar-refractivity contribution in [3.05, 3.63) is 23.8 Å². The maximum atomic E-state index is 12.5. The normalized spacial score (nSPS) is 16.5. The molecule has 1 fully saturated rings. The third-order valence-electron chi connectivity index (χ3n) is 4.33. The highest BCUT2D eigenvalue weighted by molar-refractivity contribution is 6.05. The highest BCUT2D eigenvalue weighted by Crippen LogP contribution is 2.28. The van der Waals surface area contributed by atoms with Gasteiger partial charge >= 0.3 is 6.03 Å². The van der Waals surface area contributed by atoms with Crippen molar-refractivity contribution in [1.82, 2.24) is 15.5 Å². The first-order chi connectivity index (χ1) is 12.8. The number of urea groups is 1. The van der Waals surface area contributed by atoms with Gasteiger partial charge in [-0.1, -0.05) is 19.9 Å². The van der Waals surface area contributed by atoms with Gasteiger partial charge < -0.3 is 20.1 Å². The third-order valence-corrected chi connectivity index (χ3v) is 4.33. The summed E-state index contributed by atoms with van der Waals surface area (Å²) in [6, 6.07) is 3.84. The zero-order chi connectivity index (χ0) is 20.0. The minimum atomic E-state index is -0.836. The Bertz CT molecular complexity index is 705. The number of nitrogens with one attached hydrogen (secondary N) is 2. The molecule has 8 heteroatoms. The Balaban J connectivity index is 1.96. The zero-order valence-corrected chi connectivity index (χ0v) is 16.2. The number of benzene rings is 1. The number of nitrogens with zero attached hydrogens (tertiary/aromatic N) is 1. The van der Waals surface area contributed by atoms with Crippen LogP contribution >= 0.6 is 0 Å². The molecular formula is C19H27N3O5. The van der Waals surface area contributed by atoms with E-state index in [4.69, 9.17) is 9.47 Å². The molecule has 2 rings (SSSR count). The first-order valence-corrected chi connectivity index (χ1v) is 8.95. The van der Waals surface area contributed by atoms with Crippen molar-refractivity contribution in [3.8, 4) is 11.5 Å². The average molecular weight is 377 g/mol. The van der Waals surface area contributed by atoms with E-state index in [2.05, 4.69) is 24.5 Å². The van der Waals surface area contributed by atoms with E-state index in [-0.39, 0.29) is 18.9 Å². The monoisotopic (exact) mass is 377 g/mol. The van der Waals surface area contributed by atoms with E-state index >= 15 is 0 Å².